The molecule has 0 radical (unpaired) electrons. The maximum Gasteiger partial charge on any atom is 0.387 e. The van der Waals surface area contributed by atoms with E-state index in [2.05, 4.69) is 21.8 Å². The van der Waals surface area contributed by atoms with Crippen molar-refractivity contribution in [3.8, 4) is 5.75 Å². The van der Waals surface area contributed by atoms with Crippen molar-refractivity contribution in [1.82, 2.24) is 9.80 Å². The molecule has 29 heavy (non-hydrogen) atoms. The number of carbonyl (C=O) groups excluding carboxylic acids is 1. The molecular formula is C23H26F2N2O2. The van der Waals surface area contributed by atoms with Crippen molar-refractivity contribution < 1.29 is 18.3 Å². The van der Waals surface area contributed by atoms with Crippen LogP contribution in [0.5, 0.6) is 5.75 Å². The molecule has 0 aromatic heterocycles. The number of carbonyl (C=O) groups is 1. The molecule has 1 spiro atoms. The first-order valence-electron chi connectivity index (χ1n) is 10.1. The lowest BCUT2D eigenvalue weighted by atomic mass is 9.85. The summed E-state index contributed by atoms with van der Waals surface area (Å²) in [7, 11) is 0. The lowest BCUT2D eigenvalue weighted by Crippen LogP contribution is -2.37. The van der Waals surface area contributed by atoms with Gasteiger partial charge in [0.15, 0.2) is 0 Å². The predicted octanol–water partition coefficient (Wildman–Crippen LogP) is 3.96. The summed E-state index contributed by atoms with van der Waals surface area (Å²) in [6, 6.07) is 17.1. The molecule has 2 aromatic rings. The Morgan fingerprint density at radius 2 is 1.72 bits per heavy atom. The SMILES string of the molecule is O=C1N(CCc2ccccc2)CCC12CCN(Cc1ccccc1OC(F)F)C2. The van der Waals surface area contributed by atoms with Gasteiger partial charge in [-0.15, -0.1) is 0 Å². The van der Waals surface area contributed by atoms with E-state index >= 15 is 0 Å². The minimum absolute atomic E-state index is 0.214. The molecule has 0 saturated carbocycles. The Labute approximate surface area is 170 Å². The number of benzene rings is 2. The van der Waals surface area contributed by atoms with Gasteiger partial charge in [-0.25, -0.2) is 0 Å². The van der Waals surface area contributed by atoms with Crippen molar-refractivity contribution in [3.05, 3.63) is 65.7 Å². The number of nitrogens with zero attached hydrogens (tertiary/aromatic N) is 2. The molecule has 0 aliphatic carbocycles. The molecule has 0 bridgehead atoms. The first-order chi connectivity index (χ1) is 14.1. The third-order valence-corrected chi connectivity index (χ3v) is 6.13. The zero-order chi connectivity index (χ0) is 20.3. The highest BCUT2D eigenvalue weighted by atomic mass is 19.3. The number of halogens is 2. The molecule has 2 aromatic carbocycles. The van der Waals surface area contributed by atoms with Crippen LogP contribution in [0.3, 0.4) is 0 Å². The van der Waals surface area contributed by atoms with Gasteiger partial charge < -0.3 is 9.64 Å². The summed E-state index contributed by atoms with van der Waals surface area (Å²) in [5.41, 5.74) is 1.65. The highest BCUT2D eigenvalue weighted by Crippen LogP contribution is 2.41. The number of alkyl halides is 2. The van der Waals surface area contributed by atoms with Crippen LogP contribution in [0.4, 0.5) is 8.78 Å². The molecule has 1 atom stereocenters. The topological polar surface area (TPSA) is 32.8 Å². The Balaban J connectivity index is 1.36. The first kappa shape index (κ1) is 19.8. The Morgan fingerprint density at radius 3 is 2.52 bits per heavy atom. The van der Waals surface area contributed by atoms with Crippen LogP contribution < -0.4 is 4.74 Å². The second kappa shape index (κ2) is 8.49. The van der Waals surface area contributed by atoms with E-state index in [1.54, 1.807) is 12.1 Å². The largest absolute Gasteiger partial charge is 0.434 e. The molecular weight excluding hydrogens is 374 g/mol. The normalized spacial score (nSPS) is 22.2. The van der Waals surface area contributed by atoms with Crippen LogP contribution >= 0.6 is 0 Å². The molecule has 154 valence electrons. The van der Waals surface area contributed by atoms with Crippen LogP contribution in [-0.4, -0.2) is 48.5 Å². The van der Waals surface area contributed by atoms with Gasteiger partial charge in [-0.05, 0) is 37.4 Å². The molecule has 0 N–H and O–H groups in total. The van der Waals surface area contributed by atoms with Gasteiger partial charge in [-0.2, -0.15) is 8.78 Å². The number of ether oxygens (including phenoxy) is 1. The van der Waals surface area contributed by atoms with E-state index in [1.807, 2.05) is 35.2 Å². The van der Waals surface area contributed by atoms with Crippen molar-refractivity contribution in [3.63, 3.8) is 0 Å². The molecule has 2 aliphatic heterocycles. The number of hydrogen-bond donors (Lipinski definition) is 0. The van der Waals surface area contributed by atoms with Gasteiger partial charge in [0, 0.05) is 31.7 Å². The standard InChI is InChI=1S/C23H26F2N2O2/c24-22(25)29-20-9-5-4-8-19(20)16-26-14-11-23(17-26)12-15-27(21(23)28)13-10-18-6-2-1-3-7-18/h1-9,22H,10-17H2. The van der Waals surface area contributed by atoms with E-state index < -0.39 is 6.61 Å². The van der Waals surface area contributed by atoms with Crippen LogP contribution in [0.2, 0.25) is 0 Å². The van der Waals surface area contributed by atoms with Gasteiger partial charge in [0.05, 0.1) is 5.41 Å². The molecule has 1 amide bonds. The Bertz CT molecular complexity index is 846. The zero-order valence-corrected chi connectivity index (χ0v) is 16.4. The van der Waals surface area contributed by atoms with Crippen LogP contribution in [0.1, 0.15) is 24.0 Å². The summed E-state index contributed by atoms with van der Waals surface area (Å²) in [5, 5.41) is 0. The fourth-order valence-electron chi connectivity index (χ4n) is 4.57. The number of amides is 1. The molecule has 2 aliphatic rings. The van der Waals surface area contributed by atoms with Gasteiger partial charge >= 0.3 is 6.61 Å². The summed E-state index contributed by atoms with van der Waals surface area (Å²) < 4.78 is 30.0. The lowest BCUT2D eigenvalue weighted by molar-refractivity contribution is -0.135. The Morgan fingerprint density at radius 1 is 1.00 bits per heavy atom. The fraction of sp³-hybridized carbons (Fsp3) is 0.435. The lowest BCUT2D eigenvalue weighted by Gasteiger charge is -2.24. The summed E-state index contributed by atoms with van der Waals surface area (Å²) >= 11 is 0. The molecule has 4 nitrogen and oxygen atoms in total. The number of rotatable bonds is 7. The van der Waals surface area contributed by atoms with E-state index in [0.717, 1.165) is 44.5 Å². The minimum atomic E-state index is -2.84. The molecule has 2 saturated heterocycles. The number of para-hydroxylation sites is 1. The number of hydrogen-bond acceptors (Lipinski definition) is 3. The Kier molecular flexibility index (Phi) is 5.81. The van der Waals surface area contributed by atoms with Gasteiger partial charge in [-0.3, -0.25) is 9.69 Å². The van der Waals surface area contributed by atoms with E-state index in [9.17, 15) is 13.6 Å². The molecule has 6 heteroatoms. The van der Waals surface area contributed by atoms with Gasteiger partial charge in [0.25, 0.3) is 0 Å². The van der Waals surface area contributed by atoms with Crippen molar-refractivity contribution in [1.29, 1.82) is 0 Å². The van der Waals surface area contributed by atoms with Crippen molar-refractivity contribution in [2.45, 2.75) is 32.4 Å². The highest BCUT2D eigenvalue weighted by Gasteiger charge is 2.50. The first-order valence-corrected chi connectivity index (χ1v) is 10.1. The summed E-state index contributed by atoms with van der Waals surface area (Å²) in [4.78, 5) is 17.3. The maximum absolute atomic E-state index is 13.1. The molecule has 1 unspecified atom stereocenters. The van der Waals surface area contributed by atoms with E-state index in [4.69, 9.17) is 0 Å². The summed E-state index contributed by atoms with van der Waals surface area (Å²) in [6.45, 7) is 0.691. The second-order valence-electron chi connectivity index (χ2n) is 8.01. The maximum atomic E-state index is 13.1. The number of likely N-dealkylation sites (tertiary alicyclic amines) is 2. The third-order valence-electron chi connectivity index (χ3n) is 6.13. The fourth-order valence-corrected chi connectivity index (χ4v) is 4.57. The third kappa shape index (κ3) is 4.42. The molecule has 2 fully saturated rings. The van der Waals surface area contributed by atoms with Crippen LogP contribution in [0.25, 0.3) is 0 Å². The monoisotopic (exact) mass is 400 g/mol. The average molecular weight is 400 g/mol. The Hall–Kier alpha value is -2.47. The van der Waals surface area contributed by atoms with E-state index in [1.165, 1.54) is 5.56 Å². The van der Waals surface area contributed by atoms with E-state index in [0.29, 0.717) is 13.1 Å². The van der Waals surface area contributed by atoms with Crippen LogP contribution in [-0.2, 0) is 17.8 Å². The predicted molar refractivity (Wildman–Crippen MR) is 107 cm³/mol. The highest BCUT2D eigenvalue weighted by molar-refractivity contribution is 5.85. The van der Waals surface area contributed by atoms with Gasteiger partial charge in [0.1, 0.15) is 5.75 Å². The zero-order valence-electron chi connectivity index (χ0n) is 16.4. The molecule has 4 rings (SSSR count). The van der Waals surface area contributed by atoms with Crippen molar-refractivity contribution >= 4 is 5.91 Å². The van der Waals surface area contributed by atoms with E-state index in [-0.39, 0.29) is 17.1 Å². The minimum Gasteiger partial charge on any atom is -0.434 e. The molecule has 2 heterocycles. The summed E-state index contributed by atoms with van der Waals surface area (Å²) in [6.07, 6.45) is 2.56. The van der Waals surface area contributed by atoms with Gasteiger partial charge in [0.2, 0.25) is 5.91 Å². The van der Waals surface area contributed by atoms with Crippen molar-refractivity contribution in [2.75, 3.05) is 26.2 Å². The second-order valence-corrected chi connectivity index (χ2v) is 8.01. The van der Waals surface area contributed by atoms with Crippen LogP contribution in [0, 0.1) is 5.41 Å². The van der Waals surface area contributed by atoms with Crippen molar-refractivity contribution in [2.24, 2.45) is 5.41 Å². The summed E-state index contributed by atoms with van der Waals surface area (Å²) in [5.74, 6) is 0.457. The van der Waals surface area contributed by atoms with Gasteiger partial charge in [-0.1, -0.05) is 48.5 Å². The van der Waals surface area contributed by atoms with Crippen LogP contribution in [0.15, 0.2) is 54.6 Å². The average Bonchev–Trinajstić information content (AvgIpc) is 3.26. The smallest absolute Gasteiger partial charge is 0.387 e. The quantitative estimate of drug-likeness (QED) is 0.705.